The van der Waals surface area contributed by atoms with Crippen LogP contribution in [0, 0.1) is 23.2 Å². The number of carbonyl (C=O) groups is 1. The van der Waals surface area contributed by atoms with Gasteiger partial charge in [0.15, 0.2) is 14.1 Å². The lowest BCUT2D eigenvalue weighted by atomic mass is 9.63. The molecule has 0 N–H and O–H groups in total. The van der Waals surface area contributed by atoms with E-state index in [0.717, 1.165) is 19.3 Å². The highest BCUT2D eigenvalue weighted by Gasteiger charge is 2.51. The topological polar surface area (TPSA) is 26.3 Å². The molecule has 2 rings (SSSR count). The highest BCUT2D eigenvalue weighted by Crippen LogP contribution is 2.55. The number of fused-ring (bicyclic) bond motifs is 1. The molecule has 0 radical (unpaired) electrons. The second kappa shape index (κ2) is 8.94. The number of rotatable bonds is 10. The molecule has 0 aromatic heterocycles. The lowest BCUT2D eigenvalue weighted by Gasteiger charge is -2.41. The fourth-order valence-corrected chi connectivity index (χ4v) is 9.37. The smallest absolute Gasteiger partial charge is 0.192 e. The third-order valence-corrected chi connectivity index (χ3v) is 13.0. The molecule has 2 aliphatic rings. The Kier molecular flexibility index (Phi) is 7.58. The molecule has 0 aromatic rings. The normalized spacial score (nSPS) is 29.8. The van der Waals surface area contributed by atoms with Crippen molar-refractivity contribution in [3.05, 3.63) is 12.2 Å². The zero-order chi connectivity index (χ0) is 20.3. The van der Waals surface area contributed by atoms with E-state index in [1.165, 1.54) is 37.4 Å². The van der Waals surface area contributed by atoms with Crippen molar-refractivity contribution in [1.29, 1.82) is 0 Å². The van der Waals surface area contributed by atoms with Gasteiger partial charge in [-0.2, -0.15) is 0 Å². The molecule has 4 atom stereocenters. The van der Waals surface area contributed by atoms with Crippen LogP contribution >= 0.6 is 0 Å². The first-order chi connectivity index (χ1) is 12.6. The van der Waals surface area contributed by atoms with Crippen LogP contribution in [-0.2, 0) is 9.22 Å². The van der Waals surface area contributed by atoms with E-state index in [1.54, 1.807) is 0 Å². The summed E-state index contributed by atoms with van der Waals surface area (Å²) in [6.07, 6.45) is 11.0. The van der Waals surface area contributed by atoms with Gasteiger partial charge in [-0.3, -0.25) is 4.79 Å². The number of ketones is 1. The third-order valence-electron chi connectivity index (χ3n) is 8.14. The average Bonchev–Trinajstić information content (AvgIpc) is 2.98. The Morgan fingerprint density at radius 1 is 1.22 bits per heavy atom. The first-order valence-corrected chi connectivity index (χ1v) is 14.1. The molecule has 0 saturated heterocycles. The molecule has 0 spiro atoms. The quantitative estimate of drug-likeness (QED) is 0.369. The minimum absolute atomic E-state index is 0.000370. The van der Waals surface area contributed by atoms with Crippen molar-refractivity contribution in [3.63, 3.8) is 0 Å². The molecule has 0 bridgehead atoms. The van der Waals surface area contributed by atoms with Crippen molar-refractivity contribution in [1.82, 2.24) is 0 Å². The Bertz CT molecular complexity index is 526. The van der Waals surface area contributed by atoms with Gasteiger partial charge < -0.3 is 4.43 Å². The van der Waals surface area contributed by atoms with E-state index in [9.17, 15) is 4.79 Å². The summed E-state index contributed by atoms with van der Waals surface area (Å²) in [6.45, 7) is 16.4. The van der Waals surface area contributed by atoms with E-state index < -0.39 is 8.32 Å². The van der Waals surface area contributed by atoms with Gasteiger partial charge in [0.2, 0.25) is 0 Å². The Morgan fingerprint density at radius 2 is 1.85 bits per heavy atom. The summed E-state index contributed by atoms with van der Waals surface area (Å²) >= 11 is 0. The van der Waals surface area contributed by atoms with Gasteiger partial charge in [0.05, 0.1) is 5.60 Å². The zero-order valence-electron chi connectivity index (χ0n) is 19.1. The van der Waals surface area contributed by atoms with Crippen molar-refractivity contribution >= 4 is 14.1 Å². The summed E-state index contributed by atoms with van der Waals surface area (Å²) in [5, 5.41) is 0. The molecule has 27 heavy (non-hydrogen) atoms. The van der Waals surface area contributed by atoms with Crippen molar-refractivity contribution in [2.24, 2.45) is 23.2 Å². The van der Waals surface area contributed by atoms with Gasteiger partial charge in [-0.05, 0) is 81.0 Å². The van der Waals surface area contributed by atoms with E-state index in [-0.39, 0.29) is 16.9 Å². The molecule has 3 heteroatoms. The predicted octanol–water partition coefficient (Wildman–Crippen LogP) is 7.15. The van der Waals surface area contributed by atoms with Gasteiger partial charge >= 0.3 is 0 Å². The second-order valence-electron chi connectivity index (χ2n) is 10.2. The molecule has 2 aliphatic carbocycles. The third kappa shape index (κ3) is 4.96. The van der Waals surface area contributed by atoms with E-state index >= 15 is 0 Å². The van der Waals surface area contributed by atoms with E-state index in [0.29, 0.717) is 17.6 Å². The number of hydrogen-bond donors (Lipinski definition) is 0. The van der Waals surface area contributed by atoms with Gasteiger partial charge in [0.25, 0.3) is 0 Å². The zero-order valence-corrected chi connectivity index (χ0v) is 20.1. The second-order valence-corrected chi connectivity index (χ2v) is 14.9. The molecule has 2 nitrogen and oxygen atoms in total. The van der Waals surface area contributed by atoms with E-state index in [1.807, 2.05) is 6.08 Å². The highest BCUT2D eigenvalue weighted by molar-refractivity contribution is 6.73. The fourth-order valence-electron chi connectivity index (χ4n) is 6.16. The van der Waals surface area contributed by atoms with Gasteiger partial charge in [-0.1, -0.05) is 53.5 Å². The van der Waals surface area contributed by atoms with Crippen LogP contribution in [0.4, 0.5) is 0 Å². The monoisotopic (exact) mass is 392 g/mol. The van der Waals surface area contributed by atoms with Gasteiger partial charge in [-0.25, -0.2) is 0 Å². The van der Waals surface area contributed by atoms with Gasteiger partial charge in [0.1, 0.15) is 0 Å². The molecule has 0 aliphatic heterocycles. The van der Waals surface area contributed by atoms with Crippen LogP contribution in [0.1, 0.15) is 87.0 Å². The summed E-state index contributed by atoms with van der Waals surface area (Å²) < 4.78 is 6.79. The van der Waals surface area contributed by atoms with Crippen LogP contribution in [0.15, 0.2) is 12.2 Å². The highest BCUT2D eigenvalue weighted by atomic mass is 28.4. The lowest BCUT2D eigenvalue weighted by molar-refractivity contribution is -0.122. The van der Waals surface area contributed by atoms with Crippen LogP contribution < -0.4 is 0 Å². The number of carbonyl (C=O) groups excluding carboxylic acids is 1. The molecular weight excluding hydrogens is 348 g/mol. The standard InChI is InChI=1S/C24H44O2Si/c1-8-27(9-2,10-3)26-23(5,6)17-11-13-19(4)20-15-16-21-22(25)14-12-18-24(20,21)7/h12,14,19-21H,8-11,13,15-18H2,1-7H3/t19-,20-,21+,24-/m1/s1. The minimum Gasteiger partial charge on any atom is -0.412 e. The predicted molar refractivity (Wildman–Crippen MR) is 118 cm³/mol. The van der Waals surface area contributed by atoms with E-state index in [4.69, 9.17) is 4.43 Å². The summed E-state index contributed by atoms with van der Waals surface area (Å²) in [4.78, 5) is 12.3. The SMILES string of the molecule is CC[Si](CC)(CC)OC(C)(C)CCC[C@@H](C)[C@H]1CC[C@H]2C(=O)C=CC[C@]12C. The molecule has 156 valence electrons. The first-order valence-electron chi connectivity index (χ1n) is 11.5. The molecule has 1 saturated carbocycles. The molecule has 0 unspecified atom stereocenters. The van der Waals surface area contributed by atoms with Crippen LogP contribution in [0.3, 0.4) is 0 Å². The minimum atomic E-state index is -1.54. The van der Waals surface area contributed by atoms with Crippen LogP contribution in [-0.4, -0.2) is 19.7 Å². The molecule has 0 aromatic carbocycles. The maximum atomic E-state index is 12.3. The first kappa shape index (κ1) is 22.9. The molecule has 0 heterocycles. The van der Waals surface area contributed by atoms with Gasteiger partial charge in [0, 0.05) is 5.92 Å². The van der Waals surface area contributed by atoms with Crippen molar-refractivity contribution < 1.29 is 9.22 Å². The number of allylic oxidation sites excluding steroid dienone is 2. The Labute approximate surface area is 169 Å². The Hall–Kier alpha value is -0.413. The lowest BCUT2D eigenvalue weighted by Crippen LogP contribution is -2.44. The molecular formula is C24H44O2Si. The van der Waals surface area contributed by atoms with Crippen LogP contribution in [0.2, 0.25) is 18.1 Å². The average molecular weight is 393 g/mol. The largest absolute Gasteiger partial charge is 0.412 e. The summed E-state index contributed by atoms with van der Waals surface area (Å²) in [7, 11) is -1.54. The molecule has 1 fully saturated rings. The van der Waals surface area contributed by atoms with Crippen LogP contribution in [0.5, 0.6) is 0 Å². The fraction of sp³-hybridized carbons (Fsp3) is 0.875. The Balaban J connectivity index is 1.89. The molecule has 0 amide bonds. The maximum absolute atomic E-state index is 12.3. The van der Waals surface area contributed by atoms with Crippen molar-refractivity contribution in [2.75, 3.05) is 0 Å². The van der Waals surface area contributed by atoms with E-state index in [2.05, 4.69) is 54.5 Å². The Morgan fingerprint density at radius 3 is 2.44 bits per heavy atom. The maximum Gasteiger partial charge on any atom is 0.192 e. The van der Waals surface area contributed by atoms with Crippen molar-refractivity contribution in [3.8, 4) is 0 Å². The summed E-state index contributed by atoms with van der Waals surface area (Å²) in [6, 6.07) is 3.68. The summed E-state index contributed by atoms with van der Waals surface area (Å²) in [5.74, 6) is 2.05. The van der Waals surface area contributed by atoms with Gasteiger partial charge in [-0.15, -0.1) is 0 Å². The number of hydrogen-bond acceptors (Lipinski definition) is 2. The summed E-state index contributed by atoms with van der Waals surface area (Å²) in [5.41, 5.74) is 0.200. The van der Waals surface area contributed by atoms with Crippen LogP contribution in [0.25, 0.3) is 0 Å². The van der Waals surface area contributed by atoms with Crippen molar-refractivity contribution in [2.45, 2.75) is 111 Å².